The van der Waals surface area contributed by atoms with Gasteiger partial charge in [0.1, 0.15) is 0 Å². The van der Waals surface area contributed by atoms with Gasteiger partial charge < -0.3 is 19.3 Å². The van der Waals surface area contributed by atoms with Crippen molar-refractivity contribution in [1.29, 1.82) is 0 Å². The summed E-state index contributed by atoms with van der Waals surface area (Å²) in [7, 11) is -8.45. The Bertz CT molecular complexity index is 333. The molecule has 0 amide bonds. The van der Waals surface area contributed by atoms with Gasteiger partial charge in [-0.25, -0.2) is 16.8 Å². The fraction of sp³-hybridized carbons (Fsp3) is 1.00. The fourth-order valence-corrected chi connectivity index (χ4v) is 1.77. The molecule has 0 aliphatic carbocycles. The first kappa shape index (κ1) is 22.7. The first-order chi connectivity index (χ1) is 6.83. The Morgan fingerprint density at radius 1 is 0.882 bits per heavy atom. The monoisotopic (exact) mass is 398 g/mol. The fourth-order valence-electron chi connectivity index (χ4n) is 0.591. The molecule has 17 heavy (non-hydrogen) atoms. The van der Waals surface area contributed by atoms with Crippen LogP contribution in [-0.2, 0) is 20.2 Å². The summed E-state index contributed by atoms with van der Waals surface area (Å²) >= 11 is 0. The summed E-state index contributed by atoms with van der Waals surface area (Å²) in [6.07, 6.45) is -2.12. The summed E-state index contributed by atoms with van der Waals surface area (Å²) in [6.45, 7) is 2.49. The van der Waals surface area contributed by atoms with Crippen LogP contribution in [0.3, 0.4) is 0 Å². The van der Waals surface area contributed by atoms with Gasteiger partial charge in [-0.05, 0) is 13.8 Å². The number of aliphatic hydroxyl groups excluding tert-OH is 2. The molecule has 0 aliphatic heterocycles. The van der Waals surface area contributed by atoms with E-state index in [1.54, 1.807) is 0 Å². The standard InChI is InChI=1S/2C3H8O4S.Sn/c2*1-3(4)2-8(5,6)7;/h2*3-4H,2H2,1H3,(H,5,6,7);/q;;+2/p-2. The van der Waals surface area contributed by atoms with Crippen molar-refractivity contribution in [3.05, 3.63) is 0 Å². The van der Waals surface area contributed by atoms with E-state index in [0.717, 1.165) is 0 Å². The predicted octanol–water partition coefficient (Wildman–Crippen LogP) is -2.56. The third-order valence-electron chi connectivity index (χ3n) is 0.891. The molecule has 0 fully saturated rings. The van der Waals surface area contributed by atoms with E-state index in [0.29, 0.717) is 0 Å². The van der Waals surface area contributed by atoms with Crippen LogP contribution in [0, 0.1) is 0 Å². The van der Waals surface area contributed by atoms with Crippen molar-refractivity contribution in [2.45, 2.75) is 26.1 Å². The van der Waals surface area contributed by atoms with E-state index in [4.69, 9.17) is 10.2 Å². The zero-order valence-electron chi connectivity index (χ0n) is 9.23. The molecule has 0 aliphatic rings. The summed E-state index contributed by atoms with van der Waals surface area (Å²) in [4.78, 5) is 0. The molecule has 0 bridgehead atoms. The van der Waals surface area contributed by atoms with Crippen molar-refractivity contribution in [3.8, 4) is 0 Å². The second-order valence-electron chi connectivity index (χ2n) is 3.15. The molecular formula is C6H14O8S2Sn. The van der Waals surface area contributed by atoms with E-state index in [2.05, 4.69) is 0 Å². The van der Waals surface area contributed by atoms with Gasteiger partial charge in [0.25, 0.3) is 0 Å². The maximum atomic E-state index is 9.73. The SMILES string of the molecule is CC(O)CS(=O)(=O)[O-].CC(O)CS(=O)(=O)[O-].[Sn+2]. The van der Waals surface area contributed by atoms with Crippen LogP contribution in [0.15, 0.2) is 0 Å². The molecule has 2 unspecified atom stereocenters. The summed E-state index contributed by atoms with van der Waals surface area (Å²) in [5.41, 5.74) is 0. The van der Waals surface area contributed by atoms with E-state index < -0.39 is 43.9 Å². The molecule has 0 spiro atoms. The van der Waals surface area contributed by atoms with E-state index in [9.17, 15) is 25.9 Å². The Kier molecular flexibility index (Phi) is 12.6. The average Bonchev–Trinajstić information content (AvgIpc) is 1.72. The van der Waals surface area contributed by atoms with E-state index in [-0.39, 0.29) is 23.9 Å². The molecule has 11 heteroatoms. The van der Waals surface area contributed by atoms with Gasteiger partial charge in [0.05, 0.1) is 43.9 Å². The number of hydrogen-bond donors (Lipinski definition) is 2. The Morgan fingerprint density at radius 3 is 1.06 bits per heavy atom. The van der Waals surface area contributed by atoms with Crippen molar-refractivity contribution in [1.82, 2.24) is 0 Å². The number of aliphatic hydroxyl groups is 2. The minimum Gasteiger partial charge on any atom is -0.748 e. The van der Waals surface area contributed by atoms with E-state index in [1.165, 1.54) is 13.8 Å². The summed E-state index contributed by atoms with van der Waals surface area (Å²) < 4.78 is 58.4. The van der Waals surface area contributed by atoms with Crippen molar-refractivity contribution >= 4 is 44.1 Å². The molecule has 2 atom stereocenters. The smallest absolute Gasteiger partial charge is 0.748 e. The number of rotatable bonds is 4. The van der Waals surface area contributed by atoms with Crippen LogP contribution in [0.5, 0.6) is 0 Å². The van der Waals surface area contributed by atoms with Crippen LogP contribution in [0.1, 0.15) is 13.8 Å². The minimum absolute atomic E-state index is 0. The topological polar surface area (TPSA) is 155 Å². The van der Waals surface area contributed by atoms with Crippen LogP contribution >= 0.6 is 0 Å². The molecule has 102 valence electrons. The molecule has 8 nitrogen and oxygen atoms in total. The normalized spacial score (nSPS) is 14.9. The summed E-state index contributed by atoms with van der Waals surface area (Å²) in [5.74, 6) is -1.40. The van der Waals surface area contributed by atoms with Gasteiger partial charge >= 0.3 is 23.9 Å². The maximum absolute atomic E-state index is 9.73. The Hall–Kier alpha value is 0.539. The van der Waals surface area contributed by atoms with Crippen molar-refractivity contribution in [3.63, 3.8) is 0 Å². The van der Waals surface area contributed by atoms with E-state index >= 15 is 0 Å². The van der Waals surface area contributed by atoms with Gasteiger partial charge in [0.15, 0.2) is 0 Å². The Balaban J connectivity index is -0.000000218. The van der Waals surface area contributed by atoms with Gasteiger partial charge in [0, 0.05) is 0 Å². The molecule has 0 saturated carbocycles. The van der Waals surface area contributed by atoms with Crippen LogP contribution < -0.4 is 0 Å². The third-order valence-corrected chi connectivity index (χ3v) is 2.67. The molecule has 0 aromatic heterocycles. The first-order valence-electron chi connectivity index (χ1n) is 4.06. The quantitative estimate of drug-likeness (QED) is 0.388. The van der Waals surface area contributed by atoms with Crippen LogP contribution in [-0.4, -0.2) is 83.8 Å². The Labute approximate surface area is 117 Å². The molecular weight excluding hydrogens is 383 g/mol. The van der Waals surface area contributed by atoms with Gasteiger partial charge in [-0.3, -0.25) is 0 Å². The second-order valence-corrected chi connectivity index (χ2v) is 6.04. The molecule has 0 saturated heterocycles. The molecule has 2 radical (unpaired) electrons. The predicted molar refractivity (Wildman–Crippen MR) is 58.2 cm³/mol. The van der Waals surface area contributed by atoms with Gasteiger partial charge in [-0.15, -0.1) is 0 Å². The number of hydrogen-bond acceptors (Lipinski definition) is 8. The maximum Gasteiger partial charge on any atom is 2.00 e. The van der Waals surface area contributed by atoms with Crippen molar-refractivity contribution < 1.29 is 36.2 Å². The van der Waals surface area contributed by atoms with Crippen LogP contribution in [0.4, 0.5) is 0 Å². The van der Waals surface area contributed by atoms with Gasteiger partial charge in [-0.2, -0.15) is 0 Å². The third kappa shape index (κ3) is 31.5. The molecule has 0 aromatic rings. The van der Waals surface area contributed by atoms with E-state index in [1.807, 2.05) is 0 Å². The van der Waals surface area contributed by atoms with Crippen molar-refractivity contribution in [2.75, 3.05) is 11.5 Å². The molecule has 0 rings (SSSR count). The zero-order chi connectivity index (χ0) is 13.6. The second kappa shape index (κ2) is 9.47. The largest absolute Gasteiger partial charge is 2.00 e. The van der Waals surface area contributed by atoms with Crippen molar-refractivity contribution in [2.24, 2.45) is 0 Å². The minimum atomic E-state index is -4.22. The summed E-state index contributed by atoms with van der Waals surface area (Å²) in [6, 6.07) is 0. The molecule has 0 aromatic carbocycles. The molecule has 0 heterocycles. The zero-order valence-corrected chi connectivity index (χ0v) is 13.7. The Morgan fingerprint density at radius 2 is 1.06 bits per heavy atom. The van der Waals surface area contributed by atoms with Gasteiger partial charge in [-0.1, -0.05) is 0 Å². The first-order valence-corrected chi connectivity index (χ1v) is 7.22. The average molecular weight is 397 g/mol. The van der Waals surface area contributed by atoms with Crippen LogP contribution in [0.25, 0.3) is 0 Å². The summed E-state index contributed by atoms with van der Waals surface area (Å²) in [5, 5.41) is 16.6. The molecule has 2 N–H and O–H groups in total. The van der Waals surface area contributed by atoms with Gasteiger partial charge in [0.2, 0.25) is 0 Å². The van der Waals surface area contributed by atoms with Crippen LogP contribution in [0.2, 0.25) is 0 Å².